The van der Waals surface area contributed by atoms with Gasteiger partial charge in [-0.05, 0) is 35.1 Å². The van der Waals surface area contributed by atoms with Gasteiger partial charge in [0.1, 0.15) is 11.1 Å². The number of aromatic nitrogens is 1. The molecule has 25 heavy (non-hydrogen) atoms. The lowest BCUT2D eigenvalue weighted by Crippen LogP contribution is -1.88. The van der Waals surface area contributed by atoms with Gasteiger partial charge in [-0.15, -0.1) is 0 Å². The lowest BCUT2D eigenvalue weighted by molar-refractivity contribution is -0.379. The van der Waals surface area contributed by atoms with Crippen LogP contribution in [0.2, 0.25) is 0 Å². The fourth-order valence-electron chi connectivity index (χ4n) is 2.20. The van der Waals surface area contributed by atoms with E-state index >= 15 is 0 Å². The van der Waals surface area contributed by atoms with Crippen LogP contribution in [-0.2, 0) is 0 Å². The number of hydrogen-bond acceptors (Lipinski definition) is 5. The van der Waals surface area contributed by atoms with E-state index in [2.05, 4.69) is 27.0 Å². The molecule has 0 amide bonds. The summed E-state index contributed by atoms with van der Waals surface area (Å²) in [5.74, 6) is 0. The van der Waals surface area contributed by atoms with Gasteiger partial charge in [0.25, 0.3) is 0 Å². The molecule has 0 saturated carbocycles. The smallest absolute Gasteiger partial charge is 0.257 e. The van der Waals surface area contributed by atoms with Gasteiger partial charge in [-0.25, -0.2) is 4.98 Å². The summed E-state index contributed by atoms with van der Waals surface area (Å²) >= 11 is 4.24. The minimum Gasteiger partial charge on any atom is -0.257 e. The SMILES string of the molecule is N#C/C(=C\c1ccccc1)c1nc(-c2ccc(Br)cc2)c([N+](=O)[O-])s1. The largest absolute Gasteiger partial charge is 0.352 e. The van der Waals surface area contributed by atoms with E-state index in [0.29, 0.717) is 16.1 Å². The van der Waals surface area contributed by atoms with E-state index < -0.39 is 4.92 Å². The molecule has 1 aromatic heterocycles. The Kier molecular flexibility index (Phi) is 5.03. The molecular formula is C18H10BrN3O2S. The van der Waals surface area contributed by atoms with Crippen molar-refractivity contribution in [2.75, 3.05) is 0 Å². The van der Waals surface area contributed by atoms with E-state index in [1.54, 1.807) is 30.3 Å². The number of nitro groups is 1. The van der Waals surface area contributed by atoms with Crippen LogP contribution in [0.1, 0.15) is 10.6 Å². The van der Waals surface area contributed by atoms with E-state index in [4.69, 9.17) is 0 Å². The maximum Gasteiger partial charge on any atom is 0.352 e. The molecule has 0 saturated heterocycles. The quantitative estimate of drug-likeness (QED) is 0.320. The number of hydrogen-bond donors (Lipinski definition) is 0. The zero-order valence-corrected chi connectivity index (χ0v) is 15.1. The molecule has 0 spiro atoms. The first-order valence-corrected chi connectivity index (χ1v) is 8.78. The molecule has 0 radical (unpaired) electrons. The molecular weight excluding hydrogens is 402 g/mol. The van der Waals surface area contributed by atoms with Crippen LogP contribution in [0.25, 0.3) is 22.9 Å². The third-order valence-corrected chi connectivity index (χ3v) is 4.92. The number of rotatable bonds is 4. The molecule has 5 nitrogen and oxygen atoms in total. The third kappa shape index (κ3) is 3.82. The Balaban J connectivity index is 2.10. The molecule has 0 bridgehead atoms. The fourth-order valence-corrected chi connectivity index (χ4v) is 3.34. The van der Waals surface area contributed by atoms with Crippen molar-refractivity contribution in [1.29, 1.82) is 5.26 Å². The molecule has 0 aliphatic heterocycles. The Morgan fingerprint density at radius 2 is 1.88 bits per heavy atom. The Labute approximate surface area is 156 Å². The van der Waals surface area contributed by atoms with E-state index in [-0.39, 0.29) is 10.7 Å². The molecule has 0 aliphatic rings. The van der Waals surface area contributed by atoms with Crippen molar-refractivity contribution in [2.24, 2.45) is 0 Å². The number of halogens is 1. The predicted molar refractivity (Wildman–Crippen MR) is 102 cm³/mol. The van der Waals surface area contributed by atoms with Crippen molar-refractivity contribution in [3.8, 4) is 17.3 Å². The first-order valence-electron chi connectivity index (χ1n) is 7.17. The highest BCUT2D eigenvalue weighted by atomic mass is 79.9. The topological polar surface area (TPSA) is 79.8 Å². The Morgan fingerprint density at radius 1 is 1.20 bits per heavy atom. The standard InChI is InChI=1S/C18H10BrN3O2S/c19-15-8-6-13(7-9-15)16-18(22(23)24)25-17(21-16)14(11-20)10-12-4-2-1-3-5-12/h1-10H/b14-10+. The zero-order chi connectivity index (χ0) is 17.8. The van der Waals surface area contributed by atoms with Gasteiger partial charge in [-0.1, -0.05) is 58.4 Å². The van der Waals surface area contributed by atoms with E-state index in [1.165, 1.54) is 0 Å². The van der Waals surface area contributed by atoms with Crippen LogP contribution >= 0.6 is 27.3 Å². The highest BCUT2D eigenvalue weighted by Gasteiger charge is 2.24. The first-order chi connectivity index (χ1) is 12.1. The van der Waals surface area contributed by atoms with Crippen molar-refractivity contribution in [1.82, 2.24) is 4.98 Å². The van der Waals surface area contributed by atoms with Crippen LogP contribution in [0.4, 0.5) is 5.00 Å². The van der Waals surface area contributed by atoms with E-state index in [9.17, 15) is 15.4 Å². The molecule has 0 fully saturated rings. The summed E-state index contributed by atoms with van der Waals surface area (Å²) in [5.41, 5.74) is 2.03. The average molecular weight is 412 g/mol. The second kappa shape index (κ2) is 7.38. The average Bonchev–Trinajstić information content (AvgIpc) is 3.06. The van der Waals surface area contributed by atoms with Crippen LogP contribution < -0.4 is 0 Å². The van der Waals surface area contributed by atoms with Crippen molar-refractivity contribution >= 4 is 43.9 Å². The maximum absolute atomic E-state index is 11.4. The van der Waals surface area contributed by atoms with Crippen LogP contribution in [0.3, 0.4) is 0 Å². The number of nitrogens with zero attached hydrogens (tertiary/aromatic N) is 3. The van der Waals surface area contributed by atoms with Crippen LogP contribution in [0.5, 0.6) is 0 Å². The number of nitriles is 1. The Bertz CT molecular complexity index is 989. The molecule has 1 heterocycles. The van der Waals surface area contributed by atoms with Gasteiger partial charge in [-0.3, -0.25) is 10.1 Å². The summed E-state index contributed by atoms with van der Waals surface area (Å²) in [7, 11) is 0. The van der Waals surface area contributed by atoms with Crippen LogP contribution in [0, 0.1) is 21.4 Å². The van der Waals surface area contributed by atoms with Gasteiger partial charge < -0.3 is 0 Å². The molecule has 122 valence electrons. The van der Waals surface area contributed by atoms with Crippen molar-refractivity contribution in [3.63, 3.8) is 0 Å². The summed E-state index contributed by atoms with van der Waals surface area (Å²) in [6.45, 7) is 0. The number of thiazole rings is 1. The molecule has 3 rings (SSSR count). The molecule has 2 aromatic carbocycles. The predicted octanol–water partition coefficient (Wildman–Crippen LogP) is 5.54. The fraction of sp³-hybridized carbons (Fsp3) is 0. The summed E-state index contributed by atoms with van der Waals surface area (Å²) in [5, 5.41) is 21.1. The van der Waals surface area contributed by atoms with Crippen molar-refractivity contribution in [3.05, 3.63) is 79.8 Å². The van der Waals surface area contributed by atoms with Crippen molar-refractivity contribution < 1.29 is 4.92 Å². The summed E-state index contributed by atoms with van der Waals surface area (Å²) < 4.78 is 0.871. The molecule has 0 unspecified atom stereocenters. The summed E-state index contributed by atoms with van der Waals surface area (Å²) in [6.07, 6.45) is 1.67. The minimum absolute atomic E-state index is 0.0773. The van der Waals surface area contributed by atoms with Gasteiger partial charge in [0, 0.05) is 10.0 Å². The number of allylic oxidation sites excluding steroid dienone is 1. The highest BCUT2D eigenvalue weighted by molar-refractivity contribution is 9.10. The van der Waals surface area contributed by atoms with Gasteiger partial charge in [0.05, 0.1) is 10.5 Å². The van der Waals surface area contributed by atoms with Crippen molar-refractivity contribution in [2.45, 2.75) is 0 Å². The van der Waals surface area contributed by atoms with Gasteiger partial charge in [0.15, 0.2) is 5.69 Å². The van der Waals surface area contributed by atoms with Gasteiger partial charge >= 0.3 is 5.00 Å². The second-order valence-corrected chi connectivity index (χ2v) is 6.91. The molecule has 0 N–H and O–H groups in total. The maximum atomic E-state index is 11.4. The van der Waals surface area contributed by atoms with E-state index in [1.807, 2.05) is 30.3 Å². The molecule has 0 atom stereocenters. The summed E-state index contributed by atoms with van der Waals surface area (Å²) in [6, 6.07) is 18.5. The summed E-state index contributed by atoms with van der Waals surface area (Å²) in [4.78, 5) is 15.3. The Hall–Kier alpha value is -2.82. The second-order valence-electron chi connectivity index (χ2n) is 5.02. The first kappa shape index (κ1) is 17.0. The molecule has 0 aliphatic carbocycles. The van der Waals surface area contributed by atoms with Gasteiger partial charge in [-0.2, -0.15) is 5.26 Å². The van der Waals surface area contributed by atoms with Crippen LogP contribution in [-0.4, -0.2) is 9.91 Å². The van der Waals surface area contributed by atoms with Gasteiger partial charge in [0.2, 0.25) is 0 Å². The van der Waals surface area contributed by atoms with E-state index in [0.717, 1.165) is 21.4 Å². The third-order valence-electron chi connectivity index (χ3n) is 3.35. The van der Waals surface area contributed by atoms with Crippen LogP contribution in [0.15, 0.2) is 59.1 Å². The highest BCUT2D eigenvalue weighted by Crippen LogP contribution is 2.38. The monoisotopic (exact) mass is 411 g/mol. The normalized spacial score (nSPS) is 11.1. The Morgan fingerprint density at radius 3 is 2.48 bits per heavy atom. The zero-order valence-electron chi connectivity index (χ0n) is 12.7. The lowest BCUT2D eigenvalue weighted by atomic mass is 10.1. The number of benzene rings is 2. The lowest BCUT2D eigenvalue weighted by Gasteiger charge is -1.97. The molecule has 7 heteroatoms. The molecule has 3 aromatic rings. The minimum atomic E-state index is -0.462.